The summed E-state index contributed by atoms with van der Waals surface area (Å²) < 4.78 is 2.22. The molecular weight excluding hydrogens is 284 g/mol. The van der Waals surface area contributed by atoms with Gasteiger partial charge in [0, 0.05) is 12.2 Å². The Hall–Kier alpha value is -1.13. The molecule has 2 aromatic heterocycles. The van der Waals surface area contributed by atoms with Crippen molar-refractivity contribution < 1.29 is 0 Å². The molecule has 0 bridgehead atoms. The third-order valence-electron chi connectivity index (χ3n) is 4.53. The molecule has 1 saturated heterocycles. The maximum atomic E-state index is 6.07. The molecule has 1 aliphatic rings. The summed E-state index contributed by atoms with van der Waals surface area (Å²) in [6.07, 6.45) is 3.79. The lowest BCUT2D eigenvalue weighted by Gasteiger charge is -2.29. The number of aromatic nitrogens is 3. The maximum absolute atomic E-state index is 6.07. The first-order valence-corrected chi connectivity index (χ1v) is 8.28. The largest absolute Gasteiger partial charge is 0.312 e. The summed E-state index contributed by atoms with van der Waals surface area (Å²) >= 11 is 6.07. The molecule has 0 radical (unpaired) electrons. The smallest absolute Gasteiger partial charge is 0.160 e. The van der Waals surface area contributed by atoms with E-state index in [-0.39, 0.29) is 0 Å². The van der Waals surface area contributed by atoms with Crippen LogP contribution in [0.15, 0.2) is 12.1 Å². The minimum atomic E-state index is 0.447. The van der Waals surface area contributed by atoms with Crippen LogP contribution in [0.2, 0.25) is 0 Å². The minimum absolute atomic E-state index is 0.447. The Bertz CT molecular complexity index is 614. The van der Waals surface area contributed by atoms with Crippen LogP contribution in [0.5, 0.6) is 0 Å². The number of imidazole rings is 1. The van der Waals surface area contributed by atoms with Crippen LogP contribution in [0.4, 0.5) is 0 Å². The van der Waals surface area contributed by atoms with Gasteiger partial charge < -0.3 is 9.47 Å². The molecule has 1 fully saturated rings. The van der Waals surface area contributed by atoms with Crippen LogP contribution in [0, 0.1) is 12.8 Å². The lowest BCUT2D eigenvalue weighted by Crippen LogP contribution is -2.30. The quantitative estimate of drug-likeness (QED) is 0.813. The highest BCUT2D eigenvalue weighted by molar-refractivity contribution is 6.16. The van der Waals surface area contributed by atoms with Gasteiger partial charge in [-0.1, -0.05) is 0 Å². The van der Waals surface area contributed by atoms with E-state index >= 15 is 0 Å². The molecule has 3 rings (SSSR count). The lowest BCUT2D eigenvalue weighted by atomic mass is 9.94. The maximum Gasteiger partial charge on any atom is 0.160 e. The van der Waals surface area contributed by atoms with Gasteiger partial charge in [0.2, 0.25) is 0 Å². The molecule has 3 heterocycles. The number of aryl methyl sites for hydroxylation is 2. The van der Waals surface area contributed by atoms with Crippen molar-refractivity contribution in [1.82, 2.24) is 19.4 Å². The van der Waals surface area contributed by atoms with Crippen molar-refractivity contribution in [3.63, 3.8) is 0 Å². The van der Waals surface area contributed by atoms with Crippen LogP contribution >= 0.6 is 11.6 Å². The van der Waals surface area contributed by atoms with Crippen molar-refractivity contribution in [1.29, 1.82) is 0 Å². The number of pyridine rings is 1. The second-order valence-electron chi connectivity index (χ2n) is 6.14. The van der Waals surface area contributed by atoms with Crippen molar-refractivity contribution in [3.05, 3.63) is 23.7 Å². The van der Waals surface area contributed by atoms with Crippen LogP contribution in [-0.4, -0.2) is 39.6 Å². The average molecular weight is 307 g/mol. The Morgan fingerprint density at radius 1 is 1.24 bits per heavy atom. The van der Waals surface area contributed by atoms with Gasteiger partial charge in [-0.15, -0.1) is 11.6 Å². The molecule has 2 aromatic rings. The normalized spacial score (nSPS) is 17.7. The number of hydrogen-bond donors (Lipinski definition) is 0. The van der Waals surface area contributed by atoms with Gasteiger partial charge in [0.1, 0.15) is 11.3 Å². The van der Waals surface area contributed by atoms with Crippen LogP contribution in [-0.2, 0) is 12.4 Å². The van der Waals surface area contributed by atoms with Gasteiger partial charge in [-0.05, 0) is 64.4 Å². The number of rotatable bonds is 4. The van der Waals surface area contributed by atoms with E-state index in [0.717, 1.165) is 35.1 Å². The lowest BCUT2D eigenvalue weighted by molar-refractivity contribution is 0.208. The number of alkyl halides is 1. The van der Waals surface area contributed by atoms with Crippen LogP contribution < -0.4 is 0 Å². The summed E-state index contributed by atoms with van der Waals surface area (Å²) in [6, 6.07) is 4.05. The standard InChI is InChI=1S/C16H23ClN4/c1-12-3-4-14-16(18-12)21(15(11-17)19-14)10-7-13-5-8-20(2)9-6-13/h3-4,13H,5-11H2,1-2H3. The summed E-state index contributed by atoms with van der Waals surface area (Å²) in [5.41, 5.74) is 2.97. The van der Waals surface area contributed by atoms with Gasteiger partial charge in [-0.3, -0.25) is 0 Å². The van der Waals surface area contributed by atoms with Gasteiger partial charge in [-0.25, -0.2) is 9.97 Å². The first-order chi connectivity index (χ1) is 10.2. The fraction of sp³-hybridized carbons (Fsp3) is 0.625. The summed E-state index contributed by atoms with van der Waals surface area (Å²) in [7, 11) is 2.21. The third kappa shape index (κ3) is 3.22. The fourth-order valence-corrected chi connectivity index (χ4v) is 3.35. The molecule has 0 unspecified atom stereocenters. The SMILES string of the molecule is Cc1ccc2nc(CCl)n(CCC3CCN(C)CC3)c2n1. The number of piperidine rings is 1. The molecule has 1 aliphatic heterocycles. The van der Waals surface area contributed by atoms with Crippen molar-refractivity contribution in [2.24, 2.45) is 5.92 Å². The van der Waals surface area contributed by atoms with Crippen molar-refractivity contribution in [2.75, 3.05) is 20.1 Å². The molecule has 4 nitrogen and oxygen atoms in total. The Morgan fingerprint density at radius 2 is 2.00 bits per heavy atom. The van der Waals surface area contributed by atoms with E-state index in [0.29, 0.717) is 5.88 Å². The predicted molar refractivity (Wildman–Crippen MR) is 86.7 cm³/mol. The zero-order chi connectivity index (χ0) is 14.8. The summed E-state index contributed by atoms with van der Waals surface area (Å²) in [6.45, 7) is 5.43. The highest BCUT2D eigenvalue weighted by Crippen LogP contribution is 2.23. The number of halogens is 1. The van der Waals surface area contributed by atoms with E-state index in [9.17, 15) is 0 Å². The molecule has 0 aromatic carbocycles. The number of nitrogens with zero attached hydrogens (tertiary/aromatic N) is 4. The zero-order valence-electron chi connectivity index (χ0n) is 12.8. The van der Waals surface area contributed by atoms with Gasteiger partial charge in [0.05, 0.1) is 5.88 Å². The highest BCUT2D eigenvalue weighted by Gasteiger charge is 2.18. The molecule has 0 spiro atoms. The van der Waals surface area contributed by atoms with Gasteiger partial charge >= 0.3 is 0 Å². The number of likely N-dealkylation sites (tertiary alicyclic amines) is 1. The Balaban J connectivity index is 1.77. The fourth-order valence-electron chi connectivity index (χ4n) is 3.14. The summed E-state index contributed by atoms with van der Waals surface area (Å²) in [4.78, 5) is 11.7. The van der Waals surface area contributed by atoms with Gasteiger partial charge in [0.15, 0.2) is 5.65 Å². The first-order valence-electron chi connectivity index (χ1n) is 7.74. The molecule has 0 N–H and O–H groups in total. The number of hydrogen-bond acceptors (Lipinski definition) is 3. The van der Waals surface area contributed by atoms with E-state index in [2.05, 4.69) is 26.5 Å². The van der Waals surface area contributed by atoms with E-state index in [1.54, 1.807) is 0 Å². The highest BCUT2D eigenvalue weighted by atomic mass is 35.5. The monoisotopic (exact) mass is 306 g/mol. The Morgan fingerprint density at radius 3 is 2.71 bits per heavy atom. The number of fused-ring (bicyclic) bond motifs is 1. The molecule has 114 valence electrons. The van der Waals surface area contributed by atoms with Crippen LogP contribution in [0.3, 0.4) is 0 Å². The third-order valence-corrected chi connectivity index (χ3v) is 4.77. The molecule has 0 saturated carbocycles. The van der Waals surface area contributed by atoms with Crippen LogP contribution in [0.1, 0.15) is 30.8 Å². The van der Waals surface area contributed by atoms with Gasteiger partial charge in [-0.2, -0.15) is 0 Å². The van der Waals surface area contributed by atoms with E-state index in [1.165, 1.54) is 32.4 Å². The molecule has 0 aliphatic carbocycles. The topological polar surface area (TPSA) is 34.0 Å². The molecule has 5 heteroatoms. The van der Waals surface area contributed by atoms with E-state index < -0.39 is 0 Å². The van der Waals surface area contributed by atoms with Crippen molar-refractivity contribution in [2.45, 2.75) is 38.6 Å². The molecule has 0 amide bonds. The molecular formula is C16H23ClN4. The van der Waals surface area contributed by atoms with Crippen molar-refractivity contribution >= 4 is 22.8 Å². The molecule has 21 heavy (non-hydrogen) atoms. The van der Waals surface area contributed by atoms with Crippen LogP contribution in [0.25, 0.3) is 11.2 Å². The second-order valence-corrected chi connectivity index (χ2v) is 6.41. The molecule has 0 atom stereocenters. The zero-order valence-corrected chi connectivity index (χ0v) is 13.6. The van der Waals surface area contributed by atoms with E-state index in [1.807, 2.05) is 19.1 Å². The Labute approximate surface area is 131 Å². The second kappa shape index (κ2) is 6.32. The van der Waals surface area contributed by atoms with Crippen molar-refractivity contribution in [3.8, 4) is 0 Å². The predicted octanol–water partition coefficient (Wildman–Crippen LogP) is 3.21. The van der Waals surface area contributed by atoms with Gasteiger partial charge in [0.25, 0.3) is 0 Å². The minimum Gasteiger partial charge on any atom is -0.312 e. The Kier molecular flexibility index (Phi) is 4.45. The average Bonchev–Trinajstić information content (AvgIpc) is 2.84. The summed E-state index contributed by atoms with van der Waals surface area (Å²) in [5, 5.41) is 0. The first kappa shape index (κ1) is 14.8. The summed E-state index contributed by atoms with van der Waals surface area (Å²) in [5.74, 6) is 2.20. The van der Waals surface area contributed by atoms with E-state index in [4.69, 9.17) is 11.6 Å².